The Balaban J connectivity index is 1.62. The highest BCUT2D eigenvalue weighted by Gasteiger charge is 2.33. The van der Waals surface area contributed by atoms with Gasteiger partial charge in [-0.05, 0) is 35.2 Å². The Kier molecular flexibility index (Phi) is 5.22. The van der Waals surface area contributed by atoms with Crippen LogP contribution in [0.15, 0.2) is 72.8 Å². The Morgan fingerprint density at radius 1 is 1.11 bits per heavy atom. The topological polar surface area (TPSA) is 58.6 Å². The number of carbonyl (C=O) groups is 1. The summed E-state index contributed by atoms with van der Waals surface area (Å²) in [5, 5.41) is 12.6. The predicted octanol–water partition coefficient (Wildman–Crippen LogP) is 5.19. The number of ether oxygens (including phenoxy) is 1. The third kappa shape index (κ3) is 3.97. The van der Waals surface area contributed by atoms with Crippen LogP contribution in [-0.2, 0) is 12.8 Å². The summed E-state index contributed by atoms with van der Waals surface area (Å²) in [7, 11) is 0. The quantitative estimate of drug-likeness (QED) is 0.627. The minimum Gasteiger partial charge on any atom is -0.487 e. The second-order valence-electron chi connectivity index (χ2n) is 6.91. The Morgan fingerprint density at radius 2 is 1.89 bits per heavy atom. The normalized spacial score (nSPS) is 16.1. The van der Waals surface area contributed by atoms with Gasteiger partial charge in [0.05, 0.1) is 6.04 Å². The molecule has 0 radical (unpaired) electrons. The maximum atomic E-state index is 11.4. The van der Waals surface area contributed by atoms with E-state index in [1.54, 1.807) is 0 Å². The molecule has 0 fully saturated rings. The molecule has 0 aromatic heterocycles. The van der Waals surface area contributed by atoms with E-state index in [-0.39, 0.29) is 12.1 Å². The monoisotopic (exact) mass is 393 g/mol. The number of fused-ring (bicyclic) bond motifs is 1. The number of carboxylic acid groups (broad SMARTS) is 1. The smallest absolute Gasteiger partial charge is 0.405 e. The van der Waals surface area contributed by atoms with E-state index >= 15 is 0 Å². The van der Waals surface area contributed by atoms with Crippen LogP contribution in [-0.4, -0.2) is 23.3 Å². The maximum absolute atomic E-state index is 11.4. The average molecular weight is 394 g/mol. The van der Waals surface area contributed by atoms with Crippen molar-refractivity contribution in [2.45, 2.75) is 25.0 Å². The predicted molar refractivity (Wildman–Crippen MR) is 110 cm³/mol. The number of amides is 1. The molecule has 142 valence electrons. The van der Waals surface area contributed by atoms with Crippen LogP contribution in [0.1, 0.15) is 11.1 Å². The highest BCUT2D eigenvalue weighted by Crippen LogP contribution is 2.40. The molecule has 0 spiro atoms. The SMILES string of the molecule is O=C(O)NC(Cc1ccccc1)C1Cc2cccc(-c3cccc(Cl)c3)c2O1. The standard InChI is InChI=1S/C23H20ClNO3/c24-18-10-4-8-16(13-18)19-11-5-9-17-14-21(28-22(17)19)20(25-23(26)27)12-15-6-2-1-3-7-15/h1-11,13,20-21,25H,12,14H2,(H,26,27). The Labute approximate surface area is 168 Å². The van der Waals surface area contributed by atoms with Crippen molar-refractivity contribution in [1.82, 2.24) is 5.32 Å². The number of nitrogens with one attached hydrogen (secondary N) is 1. The van der Waals surface area contributed by atoms with E-state index < -0.39 is 6.09 Å². The van der Waals surface area contributed by atoms with Crippen molar-refractivity contribution in [3.63, 3.8) is 0 Å². The number of rotatable bonds is 5. The number of benzene rings is 3. The number of hydrogen-bond acceptors (Lipinski definition) is 2. The lowest BCUT2D eigenvalue weighted by atomic mass is 9.96. The fourth-order valence-electron chi connectivity index (χ4n) is 3.70. The van der Waals surface area contributed by atoms with Crippen LogP contribution in [0.3, 0.4) is 0 Å². The molecule has 3 aromatic rings. The first-order valence-corrected chi connectivity index (χ1v) is 9.56. The zero-order valence-electron chi connectivity index (χ0n) is 15.1. The lowest BCUT2D eigenvalue weighted by molar-refractivity contribution is 0.154. The molecule has 1 amide bonds. The average Bonchev–Trinajstić information content (AvgIpc) is 3.12. The van der Waals surface area contributed by atoms with Gasteiger partial charge < -0.3 is 15.2 Å². The first-order valence-electron chi connectivity index (χ1n) is 9.18. The van der Waals surface area contributed by atoms with E-state index in [0.717, 1.165) is 28.0 Å². The highest BCUT2D eigenvalue weighted by molar-refractivity contribution is 6.30. The molecule has 2 unspecified atom stereocenters. The molecule has 4 nitrogen and oxygen atoms in total. The number of halogens is 1. The van der Waals surface area contributed by atoms with Crippen molar-refractivity contribution >= 4 is 17.7 Å². The molecule has 0 aliphatic carbocycles. The first kappa shape index (κ1) is 18.4. The lowest BCUT2D eigenvalue weighted by Crippen LogP contribution is -2.46. The zero-order valence-corrected chi connectivity index (χ0v) is 15.9. The van der Waals surface area contributed by atoms with E-state index in [1.165, 1.54) is 0 Å². The van der Waals surface area contributed by atoms with Gasteiger partial charge >= 0.3 is 6.09 Å². The van der Waals surface area contributed by atoms with Crippen molar-refractivity contribution in [2.24, 2.45) is 0 Å². The largest absolute Gasteiger partial charge is 0.487 e. The zero-order chi connectivity index (χ0) is 19.5. The lowest BCUT2D eigenvalue weighted by Gasteiger charge is -2.23. The highest BCUT2D eigenvalue weighted by atomic mass is 35.5. The molecule has 1 heterocycles. The van der Waals surface area contributed by atoms with E-state index in [0.29, 0.717) is 17.9 Å². The van der Waals surface area contributed by atoms with E-state index in [9.17, 15) is 9.90 Å². The van der Waals surface area contributed by atoms with Crippen LogP contribution >= 0.6 is 11.6 Å². The van der Waals surface area contributed by atoms with Crippen molar-refractivity contribution < 1.29 is 14.6 Å². The summed E-state index contributed by atoms with van der Waals surface area (Å²) in [6.07, 6.45) is -0.0954. The van der Waals surface area contributed by atoms with Crippen LogP contribution in [0.5, 0.6) is 5.75 Å². The van der Waals surface area contributed by atoms with E-state index in [2.05, 4.69) is 5.32 Å². The summed E-state index contributed by atoms with van der Waals surface area (Å²) in [6.45, 7) is 0. The maximum Gasteiger partial charge on any atom is 0.405 e. The van der Waals surface area contributed by atoms with Gasteiger partial charge in [0.15, 0.2) is 0 Å². The minimum atomic E-state index is -1.05. The van der Waals surface area contributed by atoms with Gasteiger partial charge in [0, 0.05) is 17.0 Å². The molecule has 1 aliphatic rings. The molecule has 3 aromatic carbocycles. The van der Waals surface area contributed by atoms with Gasteiger partial charge in [-0.15, -0.1) is 0 Å². The summed E-state index contributed by atoms with van der Waals surface area (Å²) in [6, 6.07) is 23.2. The summed E-state index contributed by atoms with van der Waals surface area (Å²) in [5.74, 6) is 0.806. The molecule has 5 heteroatoms. The number of hydrogen-bond donors (Lipinski definition) is 2. The van der Waals surface area contributed by atoms with Crippen molar-refractivity contribution in [3.8, 4) is 16.9 Å². The Morgan fingerprint density at radius 3 is 2.64 bits per heavy atom. The van der Waals surface area contributed by atoms with Gasteiger partial charge in [-0.3, -0.25) is 0 Å². The van der Waals surface area contributed by atoms with Crippen LogP contribution in [0, 0.1) is 0 Å². The molecule has 2 N–H and O–H groups in total. The van der Waals surface area contributed by atoms with Crippen LogP contribution < -0.4 is 10.1 Å². The minimum absolute atomic E-state index is 0.272. The second kappa shape index (κ2) is 7.95. The molecule has 0 saturated carbocycles. The summed E-state index contributed by atoms with van der Waals surface area (Å²) >= 11 is 6.16. The van der Waals surface area contributed by atoms with Gasteiger partial charge in [0.2, 0.25) is 0 Å². The molecular formula is C23H20ClNO3. The second-order valence-corrected chi connectivity index (χ2v) is 7.35. The molecule has 28 heavy (non-hydrogen) atoms. The van der Waals surface area contributed by atoms with Crippen molar-refractivity contribution in [3.05, 3.63) is 88.9 Å². The Bertz CT molecular complexity index is 990. The number of para-hydroxylation sites is 1. The molecule has 2 atom stereocenters. The summed E-state index contributed by atoms with van der Waals surface area (Å²) in [5.41, 5.74) is 4.09. The van der Waals surface area contributed by atoms with Gasteiger partial charge in [-0.1, -0.05) is 72.3 Å². The van der Waals surface area contributed by atoms with Crippen LogP contribution in [0.4, 0.5) is 4.79 Å². The van der Waals surface area contributed by atoms with Crippen LogP contribution in [0.2, 0.25) is 5.02 Å². The fraction of sp³-hybridized carbons (Fsp3) is 0.174. The molecule has 0 bridgehead atoms. The molecule has 4 rings (SSSR count). The van der Waals surface area contributed by atoms with E-state index in [4.69, 9.17) is 16.3 Å². The third-order valence-electron chi connectivity index (χ3n) is 4.98. The summed E-state index contributed by atoms with van der Waals surface area (Å²) < 4.78 is 6.30. The van der Waals surface area contributed by atoms with Gasteiger partial charge in [-0.25, -0.2) is 4.79 Å². The fourth-order valence-corrected chi connectivity index (χ4v) is 3.89. The molecular weight excluding hydrogens is 374 g/mol. The van der Waals surface area contributed by atoms with Crippen LogP contribution in [0.25, 0.3) is 11.1 Å². The molecule has 0 saturated heterocycles. The Hall–Kier alpha value is -2.98. The summed E-state index contributed by atoms with van der Waals surface area (Å²) in [4.78, 5) is 11.4. The first-order chi connectivity index (χ1) is 13.6. The molecule has 1 aliphatic heterocycles. The third-order valence-corrected chi connectivity index (χ3v) is 5.21. The van der Waals surface area contributed by atoms with Gasteiger partial charge in [0.1, 0.15) is 11.9 Å². The van der Waals surface area contributed by atoms with Crippen molar-refractivity contribution in [1.29, 1.82) is 0 Å². The van der Waals surface area contributed by atoms with Gasteiger partial charge in [-0.2, -0.15) is 0 Å². The van der Waals surface area contributed by atoms with Gasteiger partial charge in [0.25, 0.3) is 0 Å². The van der Waals surface area contributed by atoms with E-state index in [1.807, 2.05) is 72.8 Å². The van der Waals surface area contributed by atoms with Crippen molar-refractivity contribution in [2.75, 3.05) is 0 Å².